The number of carbonyl (C=O) groups is 1. The van der Waals surface area contributed by atoms with E-state index in [1.54, 1.807) is 21.3 Å². The summed E-state index contributed by atoms with van der Waals surface area (Å²) >= 11 is 0. The average molecular weight is 281 g/mol. The average Bonchev–Trinajstić information content (AvgIpc) is 2.89. The largest absolute Gasteiger partial charge is 0.493 e. The van der Waals surface area contributed by atoms with Crippen LogP contribution in [0.1, 0.15) is 12.0 Å². The van der Waals surface area contributed by atoms with Gasteiger partial charge < -0.3 is 24.3 Å². The molecule has 1 N–H and O–H groups in total. The SMILES string of the molecule is COc1ccc(CNC2CCOC2=O)c(OC)c1OC. The van der Waals surface area contributed by atoms with Crippen molar-refractivity contribution in [2.24, 2.45) is 0 Å². The first-order valence-corrected chi connectivity index (χ1v) is 6.39. The van der Waals surface area contributed by atoms with Crippen LogP contribution in [0.25, 0.3) is 0 Å². The Hall–Kier alpha value is -1.95. The molecule has 0 aromatic heterocycles. The lowest BCUT2D eigenvalue weighted by molar-refractivity contribution is -0.139. The predicted octanol–water partition coefficient (Wildman–Crippen LogP) is 1.12. The summed E-state index contributed by atoms with van der Waals surface area (Å²) in [6, 6.07) is 3.44. The Bertz CT molecular complexity index is 489. The van der Waals surface area contributed by atoms with Gasteiger partial charge in [0.05, 0.1) is 27.9 Å². The van der Waals surface area contributed by atoms with Gasteiger partial charge in [-0.2, -0.15) is 0 Å². The molecule has 6 nitrogen and oxygen atoms in total. The predicted molar refractivity (Wildman–Crippen MR) is 72.3 cm³/mol. The Morgan fingerprint density at radius 3 is 2.50 bits per heavy atom. The highest BCUT2D eigenvalue weighted by molar-refractivity contribution is 5.77. The van der Waals surface area contributed by atoms with Crippen LogP contribution in [-0.2, 0) is 16.1 Å². The molecule has 110 valence electrons. The number of hydrogen-bond donors (Lipinski definition) is 1. The molecular weight excluding hydrogens is 262 g/mol. The van der Waals surface area contributed by atoms with Crippen molar-refractivity contribution in [2.75, 3.05) is 27.9 Å². The molecule has 0 amide bonds. The molecule has 1 saturated heterocycles. The van der Waals surface area contributed by atoms with E-state index < -0.39 is 0 Å². The first-order chi connectivity index (χ1) is 9.71. The van der Waals surface area contributed by atoms with Crippen molar-refractivity contribution in [3.05, 3.63) is 17.7 Å². The number of carbonyl (C=O) groups excluding carboxylic acids is 1. The molecular formula is C14H19NO5. The minimum absolute atomic E-state index is 0.204. The second kappa shape index (κ2) is 6.47. The van der Waals surface area contributed by atoms with Gasteiger partial charge in [0.25, 0.3) is 0 Å². The quantitative estimate of drug-likeness (QED) is 0.788. The zero-order chi connectivity index (χ0) is 14.5. The van der Waals surface area contributed by atoms with Crippen LogP contribution in [0.4, 0.5) is 0 Å². The summed E-state index contributed by atoms with van der Waals surface area (Å²) in [5.41, 5.74) is 0.893. The van der Waals surface area contributed by atoms with E-state index in [-0.39, 0.29) is 12.0 Å². The number of methoxy groups -OCH3 is 3. The fourth-order valence-electron chi connectivity index (χ4n) is 2.22. The minimum atomic E-state index is -0.257. The number of esters is 1. The molecule has 1 aromatic carbocycles. The van der Waals surface area contributed by atoms with E-state index in [4.69, 9.17) is 18.9 Å². The molecule has 0 radical (unpaired) electrons. The van der Waals surface area contributed by atoms with Gasteiger partial charge in [-0.15, -0.1) is 0 Å². The van der Waals surface area contributed by atoms with E-state index in [1.807, 2.05) is 12.1 Å². The molecule has 0 spiro atoms. The summed E-state index contributed by atoms with van der Waals surface area (Å²) in [5, 5.41) is 3.16. The van der Waals surface area contributed by atoms with Crippen molar-refractivity contribution in [1.82, 2.24) is 5.32 Å². The smallest absolute Gasteiger partial charge is 0.323 e. The number of nitrogens with one attached hydrogen (secondary N) is 1. The summed E-state index contributed by atoms with van der Waals surface area (Å²) < 4.78 is 20.9. The first kappa shape index (κ1) is 14.5. The third kappa shape index (κ3) is 2.80. The summed E-state index contributed by atoms with van der Waals surface area (Å²) in [6.45, 7) is 0.961. The molecule has 1 unspecified atom stereocenters. The molecule has 20 heavy (non-hydrogen) atoms. The van der Waals surface area contributed by atoms with Gasteiger partial charge in [0.1, 0.15) is 6.04 Å². The number of cyclic esters (lactones) is 1. The molecule has 1 aromatic rings. The third-order valence-electron chi connectivity index (χ3n) is 3.26. The summed E-state index contributed by atoms with van der Waals surface area (Å²) in [5.74, 6) is 1.55. The molecule has 6 heteroatoms. The van der Waals surface area contributed by atoms with E-state index in [0.717, 1.165) is 5.56 Å². The number of ether oxygens (including phenoxy) is 4. The normalized spacial score (nSPS) is 17.8. The lowest BCUT2D eigenvalue weighted by atomic mass is 10.1. The van der Waals surface area contributed by atoms with Gasteiger partial charge in [-0.1, -0.05) is 6.07 Å². The van der Waals surface area contributed by atoms with Gasteiger partial charge in [0, 0.05) is 18.5 Å². The van der Waals surface area contributed by atoms with E-state index in [1.165, 1.54) is 0 Å². The van der Waals surface area contributed by atoms with Crippen LogP contribution in [0, 0.1) is 0 Å². The standard InChI is InChI=1S/C14H19NO5/c1-17-11-5-4-9(12(18-2)13(11)19-3)8-15-10-6-7-20-14(10)16/h4-5,10,15H,6-8H2,1-3H3. The number of benzene rings is 1. The fraction of sp³-hybridized carbons (Fsp3) is 0.500. The van der Waals surface area contributed by atoms with Crippen LogP contribution in [0.2, 0.25) is 0 Å². The Balaban J connectivity index is 2.16. The summed E-state index contributed by atoms with van der Waals surface area (Å²) in [4.78, 5) is 11.4. The highest BCUT2D eigenvalue weighted by Crippen LogP contribution is 2.39. The lowest BCUT2D eigenvalue weighted by Gasteiger charge is -2.17. The van der Waals surface area contributed by atoms with Crippen molar-refractivity contribution >= 4 is 5.97 Å². The van der Waals surface area contributed by atoms with Crippen LogP contribution in [0.15, 0.2) is 12.1 Å². The molecule has 1 aliphatic rings. The summed E-state index contributed by atoms with van der Waals surface area (Å²) in [7, 11) is 4.71. The second-order valence-corrected chi connectivity index (χ2v) is 4.38. The van der Waals surface area contributed by atoms with E-state index >= 15 is 0 Å². The summed E-state index contributed by atoms with van der Waals surface area (Å²) in [6.07, 6.45) is 0.689. The number of rotatable bonds is 6. The lowest BCUT2D eigenvalue weighted by Crippen LogP contribution is -2.32. The van der Waals surface area contributed by atoms with Gasteiger partial charge in [-0.3, -0.25) is 4.79 Å². The topological polar surface area (TPSA) is 66.0 Å². The first-order valence-electron chi connectivity index (χ1n) is 6.39. The minimum Gasteiger partial charge on any atom is -0.493 e. The molecule has 0 bridgehead atoms. The van der Waals surface area contributed by atoms with Crippen LogP contribution in [0.3, 0.4) is 0 Å². The van der Waals surface area contributed by atoms with E-state index in [0.29, 0.717) is 36.8 Å². The van der Waals surface area contributed by atoms with Crippen molar-refractivity contribution in [2.45, 2.75) is 19.0 Å². The van der Waals surface area contributed by atoms with Crippen LogP contribution in [-0.4, -0.2) is 39.9 Å². The van der Waals surface area contributed by atoms with Crippen molar-refractivity contribution < 1.29 is 23.7 Å². The monoisotopic (exact) mass is 281 g/mol. The maximum atomic E-state index is 11.4. The maximum Gasteiger partial charge on any atom is 0.323 e. The zero-order valence-electron chi connectivity index (χ0n) is 11.9. The van der Waals surface area contributed by atoms with Crippen molar-refractivity contribution in [3.8, 4) is 17.2 Å². The van der Waals surface area contributed by atoms with E-state index in [2.05, 4.69) is 5.32 Å². The van der Waals surface area contributed by atoms with E-state index in [9.17, 15) is 4.79 Å². The van der Waals surface area contributed by atoms with Crippen LogP contribution < -0.4 is 19.5 Å². The molecule has 0 aliphatic carbocycles. The van der Waals surface area contributed by atoms with Gasteiger partial charge in [0.2, 0.25) is 5.75 Å². The highest BCUT2D eigenvalue weighted by atomic mass is 16.5. The number of hydrogen-bond acceptors (Lipinski definition) is 6. The van der Waals surface area contributed by atoms with Gasteiger partial charge >= 0.3 is 5.97 Å². The van der Waals surface area contributed by atoms with Crippen LogP contribution >= 0.6 is 0 Å². The van der Waals surface area contributed by atoms with Gasteiger partial charge in [-0.05, 0) is 6.07 Å². The van der Waals surface area contributed by atoms with Crippen molar-refractivity contribution in [3.63, 3.8) is 0 Å². The molecule has 1 fully saturated rings. The molecule has 1 aliphatic heterocycles. The van der Waals surface area contributed by atoms with Crippen molar-refractivity contribution in [1.29, 1.82) is 0 Å². The molecule has 0 saturated carbocycles. The fourth-order valence-corrected chi connectivity index (χ4v) is 2.22. The third-order valence-corrected chi connectivity index (χ3v) is 3.26. The Morgan fingerprint density at radius 2 is 1.95 bits per heavy atom. The molecule has 1 heterocycles. The van der Waals surface area contributed by atoms with Gasteiger partial charge in [0.15, 0.2) is 11.5 Å². The maximum absolute atomic E-state index is 11.4. The van der Waals surface area contributed by atoms with Crippen LogP contribution in [0.5, 0.6) is 17.2 Å². The zero-order valence-corrected chi connectivity index (χ0v) is 11.9. The highest BCUT2D eigenvalue weighted by Gasteiger charge is 2.26. The van der Waals surface area contributed by atoms with Gasteiger partial charge in [-0.25, -0.2) is 0 Å². The Kier molecular flexibility index (Phi) is 4.68. The molecule has 1 atom stereocenters. The Labute approximate surface area is 118 Å². The second-order valence-electron chi connectivity index (χ2n) is 4.38. The molecule has 2 rings (SSSR count). The Morgan fingerprint density at radius 1 is 1.20 bits per heavy atom.